The van der Waals surface area contributed by atoms with Crippen LogP contribution in [0.3, 0.4) is 0 Å². The van der Waals surface area contributed by atoms with Crippen molar-refractivity contribution in [3.8, 4) is 0 Å². The molecule has 0 N–H and O–H groups in total. The molecule has 0 unspecified atom stereocenters. The molecule has 0 aliphatic rings. The normalized spacial score (nSPS) is 16.8. The molecule has 0 radical (unpaired) electrons. The van der Waals surface area contributed by atoms with Gasteiger partial charge in [0.05, 0.1) is 8.44 Å². The fraction of sp³-hybridized carbons (Fsp3) is 0.200. The first-order chi connectivity index (χ1) is 5.54. The average Bonchev–Trinajstić information content (AvgIpc) is 2.00. The second kappa shape index (κ2) is 2.09. The van der Waals surface area contributed by atoms with Gasteiger partial charge in [-0.3, -0.25) is 0 Å². The van der Waals surface area contributed by atoms with Crippen molar-refractivity contribution >= 4 is 11.6 Å². The summed E-state index contributed by atoms with van der Waals surface area (Å²) in [5.74, 6) is 0. The summed E-state index contributed by atoms with van der Waals surface area (Å²) in [4.78, 5) is 0. The number of halogens is 1. The lowest BCUT2D eigenvalue weighted by Gasteiger charge is -1.85. The number of aromatic nitrogens is 2. The summed E-state index contributed by atoms with van der Waals surface area (Å²) >= 11 is 5.39. The highest BCUT2D eigenvalue weighted by atomic mass is 35.5. The molecule has 1 aromatic heterocycles. The molecule has 0 aromatic carbocycles. The van der Waals surface area contributed by atoms with Crippen molar-refractivity contribution < 1.29 is 5.48 Å². The van der Waals surface area contributed by atoms with Crippen LogP contribution in [0.1, 0.15) is 11.2 Å². The summed E-state index contributed by atoms with van der Waals surface area (Å²) < 4.78 is 28.3. The maximum Gasteiger partial charge on any atom is 0.151 e. The Bertz CT molecular complexity index is 304. The Labute approximate surface area is 58.1 Å². The van der Waals surface area contributed by atoms with Gasteiger partial charge < -0.3 is 0 Å². The van der Waals surface area contributed by atoms with Gasteiger partial charge in [0, 0.05) is 2.74 Å². The third-order valence-electron chi connectivity index (χ3n) is 0.539. The molecule has 1 rings (SSSR count). The van der Waals surface area contributed by atoms with Crippen LogP contribution in [-0.4, -0.2) is 10.2 Å². The SMILES string of the molecule is [2H]c1c(Cl)nnc(C([2H])[2H])c1[2H]. The Hall–Kier alpha value is -0.630. The zero-order valence-corrected chi connectivity index (χ0v) is 4.61. The van der Waals surface area contributed by atoms with Gasteiger partial charge in [0.15, 0.2) is 5.15 Å². The van der Waals surface area contributed by atoms with Crippen LogP contribution in [0.25, 0.3) is 0 Å². The summed E-state index contributed by atoms with van der Waals surface area (Å²) in [6.45, 7) is -1.40. The molecule has 3 heteroatoms. The van der Waals surface area contributed by atoms with E-state index in [0.29, 0.717) is 0 Å². The molecule has 0 amide bonds. The van der Waals surface area contributed by atoms with Crippen LogP contribution in [-0.2, 0) is 0 Å². The standard InChI is InChI=1S/C5H5ClN2/c1-4-2-3-5(6)8-7-4/h2-3H,1H3/i1D2,2D,3D. The zero-order chi connectivity index (χ0) is 9.30. The van der Waals surface area contributed by atoms with Crippen LogP contribution < -0.4 is 0 Å². The summed E-state index contributed by atoms with van der Waals surface area (Å²) in [7, 11) is 0. The topological polar surface area (TPSA) is 25.8 Å². The molecule has 42 valence electrons. The van der Waals surface area contributed by atoms with Gasteiger partial charge in [0.1, 0.15) is 0 Å². The number of hydrogen-bond donors (Lipinski definition) is 0. The van der Waals surface area contributed by atoms with Crippen molar-refractivity contribution in [1.29, 1.82) is 0 Å². The number of rotatable bonds is 0. The summed E-state index contributed by atoms with van der Waals surface area (Å²) in [5, 5.41) is 6.53. The van der Waals surface area contributed by atoms with Crippen LogP contribution >= 0.6 is 11.6 Å². The Morgan fingerprint density at radius 1 is 1.75 bits per heavy atom. The highest BCUT2D eigenvalue weighted by molar-refractivity contribution is 6.29. The van der Waals surface area contributed by atoms with Crippen LogP contribution in [0.15, 0.2) is 12.1 Å². The molecule has 0 aliphatic heterocycles. The van der Waals surface area contributed by atoms with E-state index in [1.165, 1.54) is 0 Å². The predicted octanol–water partition coefficient (Wildman–Crippen LogP) is 1.44. The lowest BCUT2D eigenvalue weighted by atomic mass is 10.4. The summed E-state index contributed by atoms with van der Waals surface area (Å²) in [5.41, 5.74) is -0.149. The van der Waals surface area contributed by atoms with Crippen molar-refractivity contribution in [3.63, 3.8) is 0 Å². The molecule has 1 heterocycles. The minimum atomic E-state index is -1.40. The maximum absolute atomic E-state index is 7.25. The Balaban J connectivity index is 3.27. The van der Waals surface area contributed by atoms with Gasteiger partial charge in [-0.15, -0.1) is 5.10 Å². The van der Waals surface area contributed by atoms with E-state index in [4.69, 9.17) is 17.1 Å². The van der Waals surface area contributed by atoms with Crippen molar-refractivity contribution in [2.45, 2.75) is 6.88 Å². The van der Waals surface area contributed by atoms with Gasteiger partial charge in [-0.2, -0.15) is 5.10 Å². The number of nitrogens with zero attached hydrogens (tertiary/aromatic N) is 2. The second-order valence-electron chi connectivity index (χ2n) is 1.13. The summed E-state index contributed by atoms with van der Waals surface area (Å²) in [6.07, 6.45) is 0. The smallest absolute Gasteiger partial charge is 0.151 e. The molecule has 0 saturated carbocycles. The average molecular weight is 133 g/mol. The minimum Gasteiger partial charge on any atom is -0.154 e. The maximum atomic E-state index is 7.25. The van der Waals surface area contributed by atoms with E-state index in [9.17, 15) is 0 Å². The third-order valence-corrected chi connectivity index (χ3v) is 0.709. The molecule has 0 fully saturated rings. The van der Waals surface area contributed by atoms with Gasteiger partial charge >= 0.3 is 0 Å². The van der Waals surface area contributed by atoms with E-state index in [1.54, 1.807) is 0 Å². The van der Waals surface area contributed by atoms with E-state index in [2.05, 4.69) is 10.2 Å². The largest absolute Gasteiger partial charge is 0.154 e. The van der Waals surface area contributed by atoms with Crippen LogP contribution in [0.2, 0.25) is 5.15 Å². The molecule has 0 spiro atoms. The first kappa shape index (κ1) is 2.31. The van der Waals surface area contributed by atoms with E-state index in [0.717, 1.165) is 0 Å². The minimum absolute atomic E-state index is 0.149. The lowest BCUT2D eigenvalue weighted by Crippen LogP contribution is -1.83. The van der Waals surface area contributed by atoms with Gasteiger partial charge in [0.2, 0.25) is 0 Å². The Morgan fingerprint density at radius 2 is 2.62 bits per heavy atom. The number of hydrogen-bond acceptors (Lipinski definition) is 2. The molecule has 0 atom stereocenters. The highest BCUT2D eigenvalue weighted by Crippen LogP contribution is 1.99. The van der Waals surface area contributed by atoms with Crippen molar-refractivity contribution in [1.82, 2.24) is 10.2 Å². The van der Waals surface area contributed by atoms with E-state index in [-0.39, 0.29) is 22.9 Å². The van der Waals surface area contributed by atoms with Crippen LogP contribution in [0.4, 0.5) is 0 Å². The van der Waals surface area contributed by atoms with Crippen LogP contribution in [0.5, 0.6) is 0 Å². The number of aryl methyl sites for hydroxylation is 1. The summed E-state index contributed by atoms with van der Waals surface area (Å²) in [6, 6.07) is -0.587. The monoisotopic (exact) mass is 132 g/mol. The quantitative estimate of drug-likeness (QED) is 0.534. The van der Waals surface area contributed by atoms with Crippen molar-refractivity contribution in [2.24, 2.45) is 0 Å². The third kappa shape index (κ3) is 1.17. The van der Waals surface area contributed by atoms with Gasteiger partial charge in [-0.1, -0.05) is 11.6 Å². The molecule has 0 aliphatic carbocycles. The molecule has 0 saturated heterocycles. The zero-order valence-electron chi connectivity index (χ0n) is 7.85. The van der Waals surface area contributed by atoms with E-state index >= 15 is 0 Å². The fourth-order valence-corrected chi connectivity index (χ4v) is 0.348. The van der Waals surface area contributed by atoms with Crippen LogP contribution in [0, 0.1) is 6.88 Å². The van der Waals surface area contributed by atoms with E-state index in [1.807, 2.05) is 0 Å². The second-order valence-corrected chi connectivity index (χ2v) is 1.48. The van der Waals surface area contributed by atoms with Gasteiger partial charge in [-0.05, 0) is 19.0 Å². The first-order valence-electron chi connectivity index (χ1n) is 4.03. The van der Waals surface area contributed by atoms with E-state index < -0.39 is 6.88 Å². The lowest BCUT2D eigenvalue weighted by molar-refractivity contribution is 0.981. The molecule has 1 aromatic rings. The molecular formula is C5H5ClN2. The van der Waals surface area contributed by atoms with Crippen molar-refractivity contribution in [2.75, 3.05) is 0 Å². The Morgan fingerprint density at radius 3 is 3.38 bits per heavy atom. The van der Waals surface area contributed by atoms with Gasteiger partial charge in [-0.25, -0.2) is 0 Å². The fourth-order valence-electron chi connectivity index (χ4n) is 0.263. The van der Waals surface area contributed by atoms with Gasteiger partial charge in [0.25, 0.3) is 0 Å². The van der Waals surface area contributed by atoms with Crippen molar-refractivity contribution in [3.05, 3.63) is 22.9 Å². The molecule has 8 heavy (non-hydrogen) atoms. The Kier molecular flexibility index (Phi) is 0.605. The molecule has 2 nitrogen and oxygen atoms in total. The molecule has 0 bridgehead atoms. The molecular weight excluding hydrogens is 124 g/mol. The first-order valence-corrected chi connectivity index (χ1v) is 2.25. The predicted molar refractivity (Wildman–Crippen MR) is 31.8 cm³/mol. The highest BCUT2D eigenvalue weighted by Gasteiger charge is 1.85.